The van der Waals surface area contributed by atoms with Crippen molar-refractivity contribution in [1.29, 1.82) is 0 Å². The summed E-state index contributed by atoms with van der Waals surface area (Å²) in [5, 5.41) is 4.13. The summed E-state index contributed by atoms with van der Waals surface area (Å²) in [6.07, 6.45) is 0. The molecule has 62 heavy (non-hydrogen) atoms. The summed E-state index contributed by atoms with van der Waals surface area (Å²) in [5.41, 5.74) is 14.8. The minimum Gasteiger partial charge on any atom is -0.455 e. The maximum absolute atomic E-state index is 7.17. The van der Waals surface area contributed by atoms with E-state index in [1.54, 1.807) is 0 Å². The molecule has 0 fully saturated rings. The van der Waals surface area contributed by atoms with Crippen LogP contribution in [0.3, 0.4) is 0 Å². The Morgan fingerprint density at radius 1 is 0.339 bits per heavy atom. The molecule has 0 N–H and O–H groups in total. The number of hydrogen-bond donors (Lipinski definition) is 0. The Hall–Kier alpha value is -8.41. The molecule has 0 unspecified atom stereocenters. The molecule has 0 bridgehead atoms. The number of nitrogens with zero attached hydrogens (tertiary/aromatic N) is 3. The Bertz CT molecular complexity index is 3610. The number of hydrogen-bond acceptors (Lipinski definition) is 5. The Morgan fingerprint density at radius 2 is 0.919 bits per heavy atom. The Balaban J connectivity index is 1.06. The van der Waals surface area contributed by atoms with Crippen LogP contribution in [-0.4, -0.2) is 15.0 Å². The summed E-state index contributed by atoms with van der Waals surface area (Å²) in [6, 6.07) is 73.0. The van der Waals surface area contributed by atoms with E-state index in [1.165, 1.54) is 0 Å². The fourth-order valence-corrected chi connectivity index (χ4v) is 8.75. The van der Waals surface area contributed by atoms with E-state index >= 15 is 0 Å². The van der Waals surface area contributed by atoms with Crippen LogP contribution in [-0.2, 0) is 0 Å². The second kappa shape index (κ2) is 14.7. The Labute approximate surface area is 357 Å². The van der Waals surface area contributed by atoms with Crippen molar-refractivity contribution in [3.8, 4) is 78.7 Å². The molecule has 12 rings (SSSR count). The van der Waals surface area contributed by atoms with E-state index in [0.717, 1.165) is 117 Å². The SMILES string of the molecule is c1ccc(-c2cccc(-c3cc(-c4ccc(-c5oc6c(-c7ccccc7)nc7ccccc7c6c5-c5cccc6c5oc5ccccc56)cc4)nc(-c4ccccc4)n3)c2)cc1. The fourth-order valence-electron chi connectivity index (χ4n) is 8.75. The first kappa shape index (κ1) is 35.5. The van der Waals surface area contributed by atoms with Gasteiger partial charge in [0.15, 0.2) is 11.4 Å². The summed E-state index contributed by atoms with van der Waals surface area (Å²) in [7, 11) is 0. The molecule has 0 aliphatic carbocycles. The number of rotatable bonds is 7. The lowest BCUT2D eigenvalue weighted by Gasteiger charge is -2.11. The van der Waals surface area contributed by atoms with Crippen molar-refractivity contribution >= 4 is 43.8 Å². The van der Waals surface area contributed by atoms with Crippen LogP contribution in [0.5, 0.6) is 0 Å². The largest absolute Gasteiger partial charge is 0.455 e. The summed E-state index contributed by atoms with van der Waals surface area (Å²) in [5.74, 6) is 1.40. The van der Waals surface area contributed by atoms with Crippen LogP contribution in [0.4, 0.5) is 0 Å². The van der Waals surface area contributed by atoms with Gasteiger partial charge in [-0.05, 0) is 35.4 Å². The Morgan fingerprint density at radius 3 is 1.69 bits per heavy atom. The van der Waals surface area contributed by atoms with Crippen molar-refractivity contribution in [3.05, 3.63) is 212 Å². The quantitative estimate of drug-likeness (QED) is 0.161. The third-order valence-electron chi connectivity index (χ3n) is 11.7. The van der Waals surface area contributed by atoms with Crippen LogP contribution < -0.4 is 0 Å². The number of fused-ring (bicyclic) bond motifs is 6. The summed E-state index contributed by atoms with van der Waals surface area (Å²) >= 11 is 0. The van der Waals surface area contributed by atoms with E-state index in [2.05, 4.69) is 152 Å². The van der Waals surface area contributed by atoms with Gasteiger partial charge >= 0.3 is 0 Å². The van der Waals surface area contributed by atoms with Gasteiger partial charge in [-0.2, -0.15) is 0 Å². The lowest BCUT2D eigenvalue weighted by molar-refractivity contribution is 0.632. The van der Waals surface area contributed by atoms with Gasteiger partial charge in [-0.1, -0.05) is 188 Å². The van der Waals surface area contributed by atoms with Crippen molar-refractivity contribution in [1.82, 2.24) is 15.0 Å². The average molecular weight is 794 g/mol. The molecule has 4 heterocycles. The van der Waals surface area contributed by atoms with Crippen LogP contribution in [0.2, 0.25) is 0 Å². The third kappa shape index (κ3) is 6.06. The predicted octanol–water partition coefficient (Wildman–Crippen LogP) is 15.3. The molecule has 0 saturated heterocycles. The van der Waals surface area contributed by atoms with Crippen LogP contribution in [0, 0.1) is 0 Å². The second-order valence-electron chi connectivity index (χ2n) is 15.5. The highest BCUT2D eigenvalue weighted by Crippen LogP contribution is 2.49. The van der Waals surface area contributed by atoms with E-state index in [4.69, 9.17) is 23.8 Å². The van der Waals surface area contributed by atoms with E-state index in [1.807, 2.05) is 60.7 Å². The van der Waals surface area contributed by atoms with E-state index in [9.17, 15) is 0 Å². The summed E-state index contributed by atoms with van der Waals surface area (Å²) in [6.45, 7) is 0. The molecule has 0 amide bonds. The normalized spacial score (nSPS) is 11.5. The monoisotopic (exact) mass is 793 g/mol. The zero-order valence-electron chi connectivity index (χ0n) is 33.4. The molecular formula is C57H35N3O2. The first-order valence-electron chi connectivity index (χ1n) is 20.8. The molecule has 0 aliphatic rings. The van der Waals surface area contributed by atoms with Gasteiger partial charge in [-0.15, -0.1) is 0 Å². The van der Waals surface area contributed by atoms with Gasteiger partial charge in [-0.3, -0.25) is 0 Å². The molecule has 12 aromatic rings. The lowest BCUT2D eigenvalue weighted by atomic mass is 9.94. The van der Waals surface area contributed by atoms with Crippen LogP contribution in [0.1, 0.15) is 0 Å². The first-order valence-corrected chi connectivity index (χ1v) is 20.8. The van der Waals surface area contributed by atoms with Crippen LogP contribution >= 0.6 is 0 Å². The minimum absolute atomic E-state index is 0.665. The van der Waals surface area contributed by atoms with Crippen molar-refractivity contribution in [3.63, 3.8) is 0 Å². The third-order valence-corrected chi connectivity index (χ3v) is 11.7. The predicted molar refractivity (Wildman–Crippen MR) is 252 cm³/mol. The van der Waals surface area contributed by atoms with Crippen LogP contribution in [0.25, 0.3) is 123 Å². The van der Waals surface area contributed by atoms with Gasteiger partial charge in [0.05, 0.1) is 16.9 Å². The average Bonchev–Trinajstić information content (AvgIpc) is 3.95. The molecular weight excluding hydrogens is 759 g/mol. The van der Waals surface area contributed by atoms with Crippen molar-refractivity contribution < 1.29 is 8.83 Å². The summed E-state index contributed by atoms with van der Waals surface area (Å²) in [4.78, 5) is 15.5. The smallest absolute Gasteiger partial charge is 0.162 e. The number of pyridine rings is 1. The lowest BCUT2D eigenvalue weighted by Crippen LogP contribution is -1.96. The van der Waals surface area contributed by atoms with Gasteiger partial charge in [0.2, 0.25) is 0 Å². The fraction of sp³-hybridized carbons (Fsp3) is 0. The van der Waals surface area contributed by atoms with E-state index < -0.39 is 0 Å². The van der Waals surface area contributed by atoms with Gasteiger partial charge in [-0.25, -0.2) is 15.0 Å². The highest BCUT2D eigenvalue weighted by Gasteiger charge is 2.26. The molecule has 0 aliphatic heterocycles. The van der Waals surface area contributed by atoms with Gasteiger partial charge in [0, 0.05) is 60.5 Å². The molecule has 4 aromatic heterocycles. The first-order chi connectivity index (χ1) is 30.7. The Kier molecular flexibility index (Phi) is 8.42. The van der Waals surface area contributed by atoms with Crippen molar-refractivity contribution in [2.75, 3.05) is 0 Å². The zero-order chi connectivity index (χ0) is 41.0. The second-order valence-corrected chi connectivity index (χ2v) is 15.5. The van der Waals surface area contributed by atoms with E-state index in [-0.39, 0.29) is 0 Å². The van der Waals surface area contributed by atoms with Gasteiger partial charge in [0.25, 0.3) is 0 Å². The van der Waals surface area contributed by atoms with Gasteiger partial charge in [0.1, 0.15) is 22.6 Å². The minimum atomic E-state index is 0.665. The molecule has 5 heteroatoms. The highest BCUT2D eigenvalue weighted by molar-refractivity contribution is 6.21. The molecule has 8 aromatic carbocycles. The molecule has 0 radical (unpaired) electrons. The zero-order valence-corrected chi connectivity index (χ0v) is 33.4. The number of furan rings is 2. The maximum atomic E-state index is 7.17. The van der Waals surface area contributed by atoms with Crippen molar-refractivity contribution in [2.45, 2.75) is 0 Å². The number of aromatic nitrogens is 3. The standard InChI is InChI=1S/C57H35N3O2/c1-4-16-36(17-5-1)41-22-14-23-42(34-41)49-35-48(59-57(60-49)40-20-8-3-9-21-40)37-30-32-39(33-31-37)54-52(46-27-15-26-44-43-24-11-13-29-50(43)61-55(44)46)51-45-25-10-12-28-47(45)58-53(56(51)62-54)38-18-6-2-7-19-38/h1-35H. The topological polar surface area (TPSA) is 65.0 Å². The molecule has 290 valence electrons. The van der Waals surface area contributed by atoms with Crippen molar-refractivity contribution in [2.24, 2.45) is 0 Å². The number of benzene rings is 8. The molecule has 0 spiro atoms. The molecule has 5 nitrogen and oxygen atoms in total. The highest BCUT2D eigenvalue weighted by atomic mass is 16.3. The molecule has 0 atom stereocenters. The van der Waals surface area contributed by atoms with Crippen LogP contribution in [0.15, 0.2) is 221 Å². The van der Waals surface area contributed by atoms with E-state index in [0.29, 0.717) is 5.82 Å². The van der Waals surface area contributed by atoms with Gasteiger partial charge < -0.3 is 8.83 Å². The number of para-hydroxylation sites is 3. The molecule has 0 saturated carbocycles. The summed E-state index contributed by atoms with van der Waals surface area (Å²) < 4.78 is 13.9. The maximum Gasteiger partial charge on any atom is 0.162 e.